The van der Waals surface area contributed by atoms with Crippen molar-refractivity contribution in [2.75, 3.05) is 10.6 Å². The second-order valence-corrected chi connectivity index (χ2v) is 5.10. The number of anilines is 2. The van der Waals surface area contributed by atoms with Gasteiger partial charge < -0.3 is 16.4 Å². The minimum absolute atomic E-state index is 0.00475. The number of fused-ring (bicyclic) bond motifs is 1. The maximum Gasteiger partial charge on any atom is 0.243 e. The number of aryl methyl sites for hydroxylation is 1. The lowest BCUT2D eigenvalue weighted by Gasteiger charge is -2.20. The lowest BCUT2D eigenvalue weighted by atomic mass is 10.0. The quantitative estimate of drug-likeness (QED) is 0.735. The van der Waals surface area contributed by atoms with E-state index in [1.807, 2.05) is 12.1 Å². The smallest absolute Gasteiger partial charge is 0.243 e. The van der Waals surface area contributed by atoms with Crippen molar-refractivity contribution in [2.24, 2.45) is 5.73 Å². The van der Waals surface area contributed by atoms with Crippen LogP contribution in [0.1, 0.15) is 25.8 Å². The van der Waals surface area contributed by atoms with Crippen molar-refractivity contribution in [3.8, 4) is 0 Å². The molecule has 1 aliphatic rings. The van der Waals surface area contributed by atoms with Gasteiger partial charge in [-0.15, -0.1) is 0 Å². The highest BCUT2D eigenvalue weighted by Crippen LogP contribution is 2.26. The number of carbonyl (C=O) groups excluding carboxylic acids is 2. The summed E-state index contributed by atoms with van der Waals surface area (Å²) in [7, 11) is 0. The minimum atomic E-state index is -0.931. The Bertz CT molecular complexity index is 503. The normalized spacial score (nSPS) is 14.7. The van der Waals surface area contributed by atoms with Gasteiger partial charge >= 0.3 is 0 Å². The van der Waals surface area contributed by atoms with Crippen LogP contribution in [0.2, 0.25) is 0 Å². The number of carbonyl (C=O) groups is 2. The summed E-state index contributed by atoms with van der Waals surface area (Å²) in [6, 6.07) is 5.49. The summed E-state index contributed by atoms with van der Waals surface area (Å²) < 4.78 is 0. The Morgan fingerprint density at radius 3 is 2.78 bits per heavy atom. The number of benzene rings is 1. The number of nitrogens with one attached hydrogen (secondary N) is 2. The Hall–Kier alpha value is -1.88. The summed E-state index contributed by atoms with van der Waals surface area (Å²) in [6.45, 7) is 3.28. The number of nitrogens with two attached hydrogens (primary N) is 1. The molecule has 0 aromatic heterocycles. The molecule has 0 radical (unpaired) electrons. The van der Waals surface area contributed by atoms with Crippen molar-refractivity contribution in [1.29, 1.82) is 0 Å². The Morgan fingerprint density at radius 2 is 2.11 bits per heavy atom. The number of amides is 2. The average Bonchev–Trinajstić information content (AvgIpc) is 2.27. The van der Waals surface area contributed by atoms with Crippen LogP contribution in [0.3, 0.4) is 0 Å². The van der Waals surface area contributed by atoms with Crippen LogP contribution in [-0.4, -0.2) is 17.4 Å². The molecule has 2 rings (SSSR count). The molecule has 0 saturated heterocycles. The van der Waals surface area contributed by atoms with Gasteiger partial charge in [0, 0.05) is 17.8 Å². The summed E-state index contributed by atoms with van der Waals surface area (Å²) in [4.78, 5) is 23.0. The topological polar surface area (TPSA) is 84.2 Å². The fourth-order valence-corrected chi connectivity index (χ4v) is 1.74. The molecular formula is C13H17N3O2. The van der Waals surface area contributed by atoms with Gasteiger partial charge in [0.15, 0.2) is 0 Å². The highest BCUT2D eigenvalue weighted by Gasteiger charge is 2.22. The van der Waals surface area contributed by atoms with Gasteiger partial charge in [0.1, 0.15) is 0 Å². The first kappa shape index (κ1) is 12.6. The molecule has 4 N–H and O–H groups in total. The van der Waals surface area contributed by atoms with Crippen molar-refractivity contribution in [3.63, 3.8) is 0 Å². The molecule has 1 aromatic carbocycles. The van der Waals surface area contributed by atoms with Crippen LogP contribution >= 0.6 is 0 Å². The van der Waals surface area contributed by atoms with E-state index in [4.69, 9.17) is 5.73 Å². The van der Waals surface area contributed by atoms with Crippen molar-refractivity contribution in [3.05, 3.63) is 23.8 Å². The van der Waals surface area contributed by atoms with E-state index in [1.54, 1.807) is 19.9 Å². The summed E-state index contributed by atoms with van der Waals surface area (Å²) >= 11 is 0. The molecule has 5 heteroatoms. The molecule has 1 aliphatic heterocycles. The fourth-order valence-electron chi connectivity index (χ4n) is 1.74. The molecule has 2 amide bonds. The van der Waals surface area contributed by atoms with E-state index in [1.165, 1.54) is 0 Å². The standard InChI is InChI=1S/C13H17N3O2/c1-13(2,14)12(18)15-9-5-3-8-4-6-11(17)16-10(8)7-9/h3,5,7H,4,6,14H2,1-2H3,(H,15,18)(H,16,17). The summed E-state index contributed by atoms with van der Waals surface area (Å²) in [5.74, 6) is -0.255. The number of hydrogen-bond donors (Lipinski definition) is 3. The van der Waals surface area contributed by atoms with E-state index in [0.29, 0.717) is 12.1 Å². The molecule has 0 saturated carbocycles. The summed E-state index contributed by atoms with van der Waals surface area (Å²) in [5, 5.41) is 5.52. The number of hydrogen-bond acceptors (Lipinski definition) is 3. The van der Waals surface area contributed by atoms with Gasteiger partial charge in [-0.2, -0.15) is 0 Å². The first-order valence-electron chi connectivity index (χ1n) is 5.89. The maximum absolute atomic E-state index is 11.7. The highest BCUT2D eigenvalue weighted by molar-refractivity contribution is 5.99. The molecule has 0 fully saturated rings. The second-order valence-electron chi connectivity index (χ2n) is 5.10. The lowest BCUT2D eigenvalue weighted by molar-refractivity contribution is -0.120. The largest absolute Gasteiger partial charge is 0.326 e. The average molecular weight is 247 g/mol. The molecule has 0 bridgehead atoms. The zero-order valence-electron chi connectivity index (χ0n) is 10.5. The van der Waals surface area contributed by atoms with Crippen LogP contribution in [0.5, 0.6) is 0 Å². The molecule has 96 valence electrons. The van der Waals surface area contributed by atoms with Crippen molar-refractivity contribution >= 4 is 23.2 Å². The van der Waals surface area contributed by atoms with Gasteiger partial charge in [0.05, 0.1) is 5.54 Å². The van der Waals surface area contributed by atoms with Crippen LogP contribution in [0.25, 0.3) is 0 Å². The summed E-state index contributed by atoms with van der Waals surface area (Å²) in [6.07, 6.45) is 1.24. The van der Waals surface area contributed by atoms with Crippen LogP contribution < -0.4 is 16.4 Å². The molecule has 1 heterocycles. The van der Waals surface area contributed by atoms with Gasteiger partial charge in [-0.25, -0.2) is 0 Å². The van der Waals surface area contributed by atoms with Crippen molar-refractivity contribution < 1.29 is 9.59 Å². The van der Waals surface area contributed by atoms with E-state index in [0.717, 1.165) is 17.7 Å². The molecule has 0 aliphatic carbocycles. The zero-order chi connectivity index (χ0) is 13.3. The Balaban J connectivity index is 2.19. The Kier molecular flexibility index (Phi) is 3.09. The summed E-state index contributed by atoms with van der Waals surface area (Å²) in [5.41, 5.74) is 7.26. The zero-order valence-corrected chi connectivity index (χ0v) is 10.5. The van der Waals surface area contributed by atoms with Gasteiger partial charge in [-0.05, 0) is 38.0 Å². The van der Waals surface area contributed by atoms with E-state index in [2.05, 4.69) is 10.6 Å². The predicted octanol–water partition coefficient (Wildman–Crippen LogP) is 1.25. The molecule has 18 heavy (non-hydrogen) atoms. The molecule has 1 aromatic rings. The van der Waals surface area contributed by atoms with Gasteiger partial charge in [0.2, 0.25) is 11.8 Å². The fraction of sp³-hybridized carbons (Fsp3) is 0.385. The van der Waals surface area contributed by atoms with Crippen molar-refractivity contribution in [2.45, 2.75) is 32.2 Å². The van der Waals surface area contributed by atoms with E-state index >= 15 is 0 Å². The van der Waals surface area contributed by atoms with Gasteiger partial charge in [0.25, 0.3) is 0 Å². The van der Waals surface area contributed by atoms with Crippen LogP contribution in [0.4, 0.5) is 11.4 Å². The van der Waals surface area contributed by atoms with Gasteiger partial charge in [-0.3, -0.25) is 9.59 Å². The van der Waals surface area contributed by atoms with E-state index < -0.39 is 5.54 Å². The SMILES string of the molecule is CC(C)(N)C(=O)Nc1ccc2c(c1)NC(=O)CC2. The Morgan fingerprint density at radius 1 is 1.39 bits per heavy atom. The van der Waals surface area contributed by atoms with Crippen LogP contribution in [0.15, 0.2) is 18.2 Å². The third-order valence-corrected chi connectivity index (χ3v) is 2.85. The second kappa shape index (κ2) is 4.42. The third kappa shape index (κ3) is 2.68. The Labute approximate surface area is 106 Å². The molecule has 0 spiro atoms. The highest BCUT2D eigenvalue weighted by atomic mass is 16.2. The third-order valence-electron chi connectivity index (χ3n) is 2.85. The van der Waals surface area contributed by atoms with Crippen LogP contribution in [0, 0.1) is 0 Å². The molecule has 0 unspecified atom stereocenters. The lowest BCUT2D eigenvalue weighted by Crippen LogP contribution is -2.45. The van der Waals surface area contributed by atoms with Crippen LogP contribution in [-0.2, 0) is 16.0 Å². The first-order valence-corrected chi connectivity index (χ1v) is 5.89. The first-order chi connectivity index (χ1) is 8.36. The van der Waals surface area contributed by atoms with Gasteiger partial charge in [-0.1, -0.05) is 6.07 Å². The predicted molar refractivity (Wildman–Crippen MR) is 70.3 cm³/mol. The maximum atomic E-state index is 11.7. The van der Waals surface area contributed by atoms with E-state index in [-0.39, 0.29) is 11.8 Å². The molecule has 0 atom stereocenters. The number of rotatable bonds is 2. The van der Waals surface area contributed by atoms with E-state index in [9.17, 15) is 9.59 Å². The molecule has 5 nitrogen and oxygen atoms in total. The monoisotopic (exact) mass is 247 g/mol. The molecular weight excluding hydrogens is 230 g/mol. The minimum Gasteiger partial charge on any atom is -0.326 e. The van der Waals surface area contributed by atoms with Crippen molar-refractivity contribution in [1.82, 2.24) is 0 Å².